The van der Waals surface area contributed by atoms with Gasteiger partial charge in [0.1, 0.15) is 5.69 Å². The fourth-order valence-electron chi connectivity index (χ4n) is 4.04. The Kier molecular flexibility index (Phi) is 2.98. The lowest BCUT2D eigenvalue weighted by Gasteiger charge is -2.15. The first-order chi connectivity index (χ1) is 11.8. The minimum absolute atomic E-state index is 0.000967. The number of pyridine rings is 1. The Labute approximate surface area is 139 Å². The summed E-state index contributed by atoms with van der Waals surface area (Å²) in [5.41, 5.74) is 2.18. The number of para-hydroxylation sites is 1. The van der Waals surface area contributed by atoms with Crippen LogP contribution < -0.4 is 5.32 Å². The number of nitrogens with one attached hydrogen (secondary N) is 1. The molecule has 2 fully saturated rings. The molecule has 0 aliphatic heterocycles. The molecule has 3 aromatic rings. The smallest absolute Gasteiger partial charge is 0.252 e. The largest absolute Gasteiger partial charge is 0.463 e. The Bertz CT molecular complexity index is 917. The maximum atomic E-state index is 12.9. The summed E-state index contributed by atoms with van der Waals surface area (Å²) >= 11 is 0. The summed E-state index contributed by atoms with van der Waals surface area (Å²) in [6.45, 7) is 0. The van der Waals surface area contributed by atoms with Gasteiger partial charge in [0.05, 0.1) is 17.3 Å². The van der Waals surface area contributed by atoms with Crippen LogP contribution in [-0.2, 0) is 0 Å². The van der Waals surface area contributed by atoms with Crippen molar-refractivity contribution in [2.75, 3.05) is 0 Å². The molecule has 4 heteroatoms. The van der Waals surface area contributed by atoms with Gasteiger partial charge in [0.25, 0.3) is 5.91 Å². The van der Waals surface area contributed by atoms with Crippen LogP contribution >= 0.6 is 0 Å². The predicted molar refractivity (Wildman–Crippen MR) is 91.5 cm³/mol. The maximum absolute atomic E-state index is 12.9. The maximum Gasteiger partial charge on any atom is 0.252 e. The molecule has 0 bridgehead atoms. The van der Waals surface area contributed by atoms with Gasteiger partial charge in [-0.2, -0.15) is 0 Å². The van der Waals surface area contributed by atoms with E-state index < -0.39 is 0 Å². The molecule has 3 atom stereocenters. The van der Waals surface area contributed by atoms with Gasteiger partial charge in [0, 0.05) is 11.4 Å². The molecule has 2 aromatic heterocycles. The fourth-order valence-corrected chi connectivity index (χ4v) is 4.04. The summed E-state index contributed by atoms with van der Waals surface area (Å²) in [5.74, 6) is 2.23. The predicted octanol–water partition coefficient (Wildman–Crippen LogP) is 4.02. The Balaban J connectivity index is 1.56. The number of furan rings is 1. The van der Waals surface area contributed by atoms with Crippen LogP contribution in [0.2, 0.25) is 0 Å². The quantitative estimate of drug-likeness (QED) is 0.793. The van der Waals surface area contributed by atoms with E-state index in [0.717, 1.165) is 23.2 Å². The number of fused-ring (bicyclic) bond motifs is 2. The van der Waals surface area contributed by atoms with E-state index in [0.29, 0.717) is 29.0 Å². The van der Waals surface area contributed by atoms with Crippen molar-refractivity contribution in [1.29, 1.82) is 0 Å². The summed E-state index contributed by atoms with van der Waals surface area (Å²) in [4.78, 5) is 17.6. The number of hydrogen-bond donors (Lipinski definition) is 1. The average molecular weight is 318 g/mol. The summed E-state index contributed by atoms with van der Waals surface area (Å²) in [6, 6.07) is 13.6. The first-order valence-corrected chi connectivity index (χ1v) is 8.54. The topological polar surface area (TPSA) is 55.1 Å². The van der Waals surface area contributed by atoms with Crippen LogP contribution in [0.25, 0.3) is 22.4 Å². The van der Waals surface area contributed by atoms with Gasteiger partial charge in [-0.25, -0.2) is 4.98 Å². The van der Waals surface area contributed by atoms with E-state index in [9.17, 15) is 4.79 Å². The molecule has 2 aliphatic carbocycles. The summed E-state index contributed by atoms with van der Waals surface area (Å²) in [7, 11) is 0. The molecular weight excluding hydrogens is 300 g/mol. The molecule has 3 unspecified atom stereocenters. The van der Waals surface area contributed by atoms with Crippen LogP contribution in [-0.4, -0.2) is 16.9 Å². The monoisotopic (exact) mass is 318 g/mol. The number of aromatic nitrogens is 1. The summed E-state index contributed by atoms with van der Waals surface area (Å²) in [5, 5.41) is 4.14. The highest BCUT2D eigenvalue weighted by Gasteiger charge is 2.48. The van der Waals surface area contributed by atoms with Crippen molar-refractivity contribution in [3.63, 3.8) is 0 Å². The molecule has 24 heavy (non-hydrogen) atoms. The Morgan fingerprint density at radius 1 is 1.17 bits per heavy atom. The van der Waals surface area contributed by atoms with E-state index >= 15 is 0 Å². The molecule has 4 nitrogen and oxygen atoms in total. The molecule has 0 saturated heterocycles. The van der Waals surface area contributed by atoms with Crippen LogP contribution in [0, 0.1) is 11.8 Å². The van der Waals surface area contributed by atoms with Gasteiger partial charge in [-0.15, -0.1) is 0 Å². The number of benzene rings is 1. The molecule has 2 saturated carbocycles. The first-order valence-electron chi connectivity index (χ1n) is 8.54. The van der Waals surface area contributed by atoms with Crippen LogP contribution in [0.15, 0.2) is 53.1 Å². The van der Waals surface area contributed by atoms with Crippen molar-refractivity contribution < 1.29 is 9.21 Å². The minimum atomic E-state index is -0.000967. The molecule has 120 valence electrons. The van der Waals surface area contributed by atoms with Gasteiger partial charge in [-0.05, 0) is 55.4 Å². The van der Waals surface area contributed by atoms with E-state index in [1.165, 1.54) is 12.8 Å². The highest BCUT2D eigenvalue weighted by molar-refractivity contribution is 6.07. The molecule has 0 spiro atoms. The number of carbonyl (C=O) groups is 1. The van der Waals surface area contributed by atoms with E-state index in [1.807, 2.05) is 42.5 Å². The van der Waals surface area contributed by atoms with Gasteiger partial charge < -0.3 is 9.73 Å². The van der Waals surface area contributed by atoms with Crippen molar-refractivity contribution >= 4 is 16.8 Å². The highest BCUT2D eigenvalue weighted by atomic mass is 16.3. The van der Waals surface area contributed by atoms with Crippen molar-refractivity contribution in [1.82, 2.24) is 10.3 Å². The molecule has 0 radical (unpaired) electrons. The van der Waals surface area contributed by atoms with Crippen molar-refractivity contribution in [3.8, 4) is 11.5 Å². The molecule has 1 amide bonds. The lowest BCUT2D eigenvalue weighted by atomic mass is 10.0. The normalized spacial score (nSPS) is 24.8. The highest BCUT2D eigenvalue weighted by Crippen LogP contribution is 2.51. The zero-order chi connectivity index (χ0) is 16.1. The van der Waals surface area contributed by atoms with Crippen molar-refractivity contribution in [2.24, 2.45) is 11.8 Å². The second kappa shape index (κ2) is 5.20. The van der Waals surface area contributed by atoms with Crippen LogP contribution in [0.1, 0.15) is 29.6 Å². The van der Waals surface area contributed by atoms with E-state index in [1.54, 1.807) is 6.26 Å². The average Bonchev–Trinajstić information content (AvgIpc) is 3.01. The van der Waals surface area contributed by atoms with E-state index in [4.69, 9.17) is 4.42 Å². The van der Waals surface area contributed by atoms with Gasteiger partial charge in [0.2, 0.25) is 0 Å². The molecule has 5 rings (SSSR count). The first kappa shape index (κ1) is 13.8. The van der Waals surface area contributed by atoms with Gasteiger partial charge in [-0.3, -0.25) is 4.79 Å². The van der Waals surface area contributed by atoms with Crippen LogP contribution in [0.4, 0.5) is 0 Å². The van der Waals surface area contributed by atoms with E-state index in [-0.39, 0.29) is 5.91 Å². The number of hydrogen-bond acceptors (Lipinski definition) is 3. The second-order valence-corrected chi connectivity index (χ2v) is 6.87. The number of amides is 1. The van der Waals surface area contributed by atoms with Gasteiger partial charge >= 0.3 is 0 Å². The van der Waals surface area contributed by atoms with Gasteiger partial charge in [0.15, 0.2) is 5.76 Å². The van der Waals surface area contributed by atoms with Crippen molar-refractivity contribution in [3.05, 3.63) is 54.3 Å². The number of carbonyl (C=O) groups excluding carboxylic acids is 1. The zero-order valence-corrected chi connectivity index (χ0v) is 13.2. The Morgan fingerprint density at radius 3 is 2.83 bits per heavy atom. The summed E-state index contributed by atoms with van der Waals surface area (Å²) < 4.78 is 5.47. The number of rotatable bonds is 3. The van der Waals surface area contributed by atoms with Gasteiger partial charge in [-0.1, -0.05) is 18.2 Å². The SMILES string of the molecule is O=C(NC1CCC2CC21)c1cc(-c2ccco2)nc2ccccc12. The molecule has 2 heterocycles. The third-order valence-electron chi connectivity index (χ3n) is 5.39. The summed E-state index contributed by atoms with van der Waals surface area (Å²) in [6.07, 6.45) is 5.26. The Hall–Kier alpha value is -2.62. The second-order valence-electron chi connectivity index (χ2n) is 6.87. The zero-order valence-electron chi connectivity index (χ0n) is 13.2. The molecule has 1 aromatic carbocycles. The molecular formula is C20H18N2O2. The van der Waals surface area contributed by atoms with Crippen molar-refractivity contribution in [2.45, 2.75) is 25.3 Å². The standard InChI is InChI=1S/C20H18N2O2/c23-20(22-17-8-7-12-10-14(12)17)15-11-18(19-6-3-9-24-19)21-16-5-2-1-4-13(15)16/h1-6,9,11-12,14,17H,7-8,10H2,(H,22,23). The lowest BCUT2D eigenvalue weighted by molar-refractivity contribution is 0.0935. The third-order valence-corrected chi connectivity index (χ3v) is 5.39. The van der Waals surface area contributed by atoms with Crippen LogP contribution in [0.3, 0.4) is 0 Å². The lowest BCUT2D eigenvalue weighted by Crippen LogP contribution is -2.35. The minimum Gasteiger partial charge on any atom is -0.463 e. The van der Waals surface area contributed by atoms with Crippen LogP contribution in [0.5, 0.6) is 0 Å². The third kappa shape index (κ3) is 2.21. The Morgan fingerprint density at radius 2 is 2.08 bits per heavy atom. The number of nitrogens with zero attached hydrogens (tertiary/aromatic N) is 1. The molecule has 2 aliphatic rings. The molecule has 1 N–H and O–H groups in total. The fraction of sp³-hybridized carbons (Fsp3) is 0.300. The van der Waals surface area contributed by atoms with E-state index in [2.05, 4.69) is 10.3 Å².